The van der Waals surface area contributed by atoms with Crippen LogP contribution in [-0.4, -0.2) is 17.7 Å². The second kappa shape index (κ2) is 6.70. The molecule has 0 N–H and O–H groups in total. The van der Waals surface area contributed by atoms with Gasteiger partial charge in [0.2, 0.25) is 0 Å². The molecule has 0 radical (unpaired) electrons. The summed E-state index contributed by atoms with van der Waals surface area (Å²) in [6, 6.07) is 9.63. The van der Waals surface area contributed by atoms with Crippen molar-refractivity contribution in [3.8, 4) is 0 Å². The molecule has 1 unspecified atom stereocenters. The number of nitrogens with zero attached hydrogens (tertiary/aromatic N) is 1. The molecule has 0 aliphatic carbocycles. The summed E-state index contributed by atoms with van der Waals surface area (Å²) in [6.07, 6.45) is 0.540. The van der Waals surface area contributed by atoms with E-state index in [1.54, 1.807) is 19.9 Å². The lowest BCUT2D eigenvalue weighted by Gasteiger charge is -2.13. The summed E-state index contributed by atoms with van der Waals surface area (Å²) in [7, 11) is 0. The van der Waals surface area contributed by atoms with Crippen molar-refractivity contribution in [3.05, 3.63) is 51.8 Å². The van der Waals surface area contributed by atoms with E-state index in [0.717, 1.165) is 10.0 Å². The van der Waals surface area contributed by atoms with Gasteiger partial charge in [-0.05, 0) is 38.0 Å². The Kier molecular flexibility index (Phi) is 4.95. The van der Waals surface area contributed by atoms with Crippen molar-refractivity contribution in [2.24, 2.45) is 0 Å². The Morgan fingerprint density at radius 3 is 2.65 bits per heavy atom. The Bertz CT molecular complexity index is 577. The normalized spacial score (nSPS) is 12.2. The van der Waals surface area contributed by atoms with Crippen LogP contribution in [-0.2, 0) is 16.0 Å². The maximum atomic E-state index is 12.1. The van der Waals surface area contributed by atoms with Crippen LogP contribution in [0.25, 0.3) is 0 Å². The van der Waals surface area contributed by atoms with Crippen molar-refractivity contribution in [2.45, 2.75) is 26.2 Å². The number of ether oxygens (including phenoxy) is 1. The van der Waals surface area contributed by atoms with Gasteiger partial charge in [0.05, 0.1) is 12.3 Å². The van der Waals surface area contributed by atoms with Crippen LogP contribution in [0.2, 0.25) is 0 Å². The van der Waals surface area contributed by atoms with Gasteiger partial charge in [0, 0.05) is 10.5 Å². The lowest BCUT2D eigenvalue weighted by Crippen LogP contribution is -2.18. The number of carbonyl (C=O) groups excluding carboxylic acids is 1. The van der Waals surface area contributed by atoms with E-state index in [4.69, 9.17) is 9.26 Å². The highest BCUT2D eigenvalue weighted by atomic mass is 79.9. The highest BCUT2D eigenvalue weighted by Crippen LogP contribution is 2.23. The van der Waals surface area contributed by atoms with Crippen LogP contribution in [0, 0.1) is 6.92 Å². The molecule has 0 saturated heterocycles. The zero-order valence-electron chi connectivity index (χ0n) is 11.4. The lowest BCUT2D eigenvalue weighted by atomic mass is 9.96. The van der Waals surface area contributed by atoms with Gasteiger partial charge in [0.25, 0.3) is 0 Å². The van der Waals surface area contributed by atoms with Crippen LogP contribution >= 0.6 is 15.9 Å². The zero-order chi connectivity index (χ0) is 14.5. The van der Waals surface area contributed by atoms with Crippen molar-refractivity contribution in [2.75, 3.05) is 6.61 Å². The maximum Gasteiger partial charge on any atom is 0.315 e. The van der Waals surface area contributed by atoms with Gasteiger partial charge in [0.15, 0.2) is 0 Å². The minimum absolute atomic E-state index is 0.274. The minimum atomic E-state index is -0.437. The highest BCUT2D eigenvalue weighted by Gasteiger charge is 2.25. The molecule has 0 fully saturated rings. The second-order valence-electron chi connectivity index (χ2n) is 4.50. The van der Waals surface area contributed by atoms with Crippen LogP contribution in [0.5, 0.6) is 0 Å². The molecular formula is C15H16BrNO3. The van der Waals surface area contributed by atoms with E-state index >= 15 is 0 Å². The summed E-state index contributed by atoms with van der Waals surface area (Å²) < 4.78 is 11.2. The first-order valence-corrected chi connectivity index (χ1v) is 7.23. The van der Waals surface area contributed by atoms with Crippen LogP contribution in [0.1, 0.15) is 29.9 Å². The molecule has 0 aliphatic rings. The first kappa shape index (κ1) is 14.8. The number of esters is 1. The summed E-state index contributed by atoms with van der Waals surface area (Å²) in [5.41, 5.74) is 1.66. The van der Waals surface area contributed by atoms with Crippen molar-refractivity contribution in [1.29, 1.82) is 0 Å². The van der Waals surface area contributed by atoms with Gasteiger partial charge in [-0.1, -0.05) is 33.2 Å². The van der Waals surface area contributed by atoms with E-state index in [1.165, 1.54) is 0 Å². The summed E-state index contributed by atoms with van der Waals surface area (Å²) in [5, 5.41) is 3.95. The first-order chi connectivity index (χ1) is 9.60. The van der Waals surface area contributed by atoms with Crippen molar-refractivity contribution >= 4 is 21.9 Å². The summed E-state index contributed by atoms with van der Waals surface area (Å²) >= 11 is 3.39. The van der Waals surface area contributed by atoms with E-state index < -0.39 is 5.92 Å². The smallest absolute Gasteiger partial charge is 0.315 e. The predicted octanol–water partition coefficient (Wildman–Crippen LogP) is 3.63. The zero-order valence-corrected chi connectivity index (χ0v) is 13.0. The van der Waals surface area contributed by atoms with Gasteiger partial charge in [-0.15, -0.1) is 0 Å². The Hall–Kier alpha value is -1.62. The van der Waals surface area contributed by atoms with E-state index in [-0.39, 0.29) is 5.97 Å². The molecule has 2 rings (SSSR count). The molecule has 5 heteroatoms. The number of hydrogen-bond donors (Lipinski definition) is 0. The summed E-state index contributed by atoms with van der Waals surface area (Å²) in [4.78, 5) is 12.1. The summed E-state index contributed by atoms with van der Waals surface area (Å²) in [6.45, 7) is 3.95. The maximum absolute atomic E-state index is 12.1. The first-order valence-electron chi connectivity index (χ1n) is 6.44. The average molecular weight is 338 g/mol. The van der Waals surface area contributed by atoms with Crippen molar-refractivity contribution < 1.29 is 14.1 Å². The molecule has 2 aromatic rings. The second-order valence-corrected chi connectivity index (χ2v) is 5.41. The van der Waals surface area contributed by atoms with Crippen LogP contribution in [0.4, 0.5) is 0 Å². The Morgan fingerprint density at radius 1 is 1.40 bits per heavy atom. The van der Waals surface area contributed by atoms with E-state index in [1.807, 2.05) is 24.3 Å². The average Bonchev–Trinajstić information content (AvgIpc) is 2.84. The molecule has 106 valence electrons. The van der Waals surface area contributed by atoms with E-state index in [0.29, 0.717) is 24.5 Å². The number of carbonyl (C=O) groups is 1. The molecule has 1 heterocycles. The monoisotopic (exact) mass is 337 g/mol. The molecule has 4 nitrogen and oxygen atoms in total. The molecule has 0 amide bonds. The Balaban J connectivity index is 2.22. The van der Waals surface area contributed by atoms with Gasteiger partial charge in [-0.3, -0.25) is 4.79 Å². The molecular weight excluding hydrogens is 322 g/mol. The minimum Gasteiger partial charge on any atom is -0.465 e. The van der Waals surface area contributed by atoms with Crippen LogP contribution < -0.4 is 0 Å². The van der Waals surface area contributed by atoms with E-state index in [9.17, 15) is 4.79 Å². The molecule has 0 spiro atoms. The molecule has 0 saturated carbocycles. The standard InChI is InChI=1S/C15H16BrNO3/c1-3-19-15(18)13(14-8-10(2)20-17-14)9-11-4-6-12(16)7-5-11/h4-8,13H,3,9H2,1-2H3. The fraction of sp³-hybridized carbons (Fsp3) is 0.333. The third kappa shape index (κ3) is 3.70. The van der Waals surface area contributed by atoms with Gasteiger partial charge >= 0.3 is 5.97 Å². The lowest BCUT2D eigenvalue weighted by molar-refractivity contribution is -0.145. The Labute approximate surface area is 126 Å². The fourth-order valence-electron chi connectivity index (χ4n) is 1.96. The molecule has 0 aliphatic heterocycles. The molecule has 0 bridgehead atoms. The molecule has 20 heavy (non-hydrogen) atoms. The number of aromatic nitrogens is 1. The molecule has 1 atom stereocenters. The highest BCUT2D eigenvalue weighted by molar-refractivity contribution is 9.10. The molecule has 1 aromatic carbocycles. The number of rotatable bonds is 5. The van der Waals surface area contributed by atoms with Gasteiger partial charge in [-0.25, -0.2) is 0 Å². The van der Waals surface area contributed by atoms with Gasteiger partial charge < -0.3 is 9.26 Å². The largest absolute Gasteiger partial charge is 0.465 e. The van der Waals surface area contributed by atoms with Gasteiger partial charge in [-0.2, -0.15) is 0 Å². The number of benzene rings is 1. The van der Waals surface area contributed by atoms with Gasteiger partial charge in [0.1, 0.15) is 11.7 Å². The molecule has 1 aromatic heterocycles. The fourth-order valence-corrected chi connectivity index (χ4v) is 2.22. The van der Waals surface area contributed by atoms with Crippen molar-refractivity contribution in [3.63, 3.8) is 0 Å². The Morgan fingerprint density at radius 2 is 2.10 bits per heavy atom. The number of aryl methyl sites for hydroxylation is 1. The van der Waals surface area contributed by atoms with Crippen LogP contribution in [0.3, 0.4) is 0 Å². The van der Waals surface area contributed by atoms with E-state index in [2.05, 4.69) is 21.1 Å². The van der Waals surface area contributed by atoms with Crippen molar-refractivity contribution in [1.82, 2.24) is 5.16 Å². The number of hydrogen-bond acceptors (Lipinski definition) is 4. The quantitative estimate of drug-likeness (QED) is 0.781. The summed E-state index contributed by atoms with van der Waals surface area (Å²) in [5.74, 6) is -0.0256. The van der Waals surface area contributed by atoms with Crippen LogP contribution in [0.15, 0.2) is 39.3 Å². The topological polar surface area (TPSA) is 52.3 Å². The third-order valence-electron chi connectivity index (χ3n) is 2.93. The predicted molar refractivity (Wildman–Crippen MR) is 78.5 cm³/mol. The number of halogens is 1. The SMILES string of the molecule is CCOC(=O)C(Cc1ccc(Br)cc1)c1cc(C)on1. The third-order valence-corrected chi connectivity index (χ3v) is 3.46.